The third-order valence-electron chi connectivity index (χ3n) is 2.10. The molecule has 0 saturated carbocycles. The number of alkyl halides is 2. The van der Waals surface area contributed by atoms with E-state index in [1.54, 1.807) is 25.5 Å². The number of rotatable bonds is 1. The third kappa shape index (κ3) is 1.18. The topological polar surface area (TPSA) is 17.8 Å². The number of aryl methyl sites for hydroxylation is 1. The Morgan fingerprint density at radius 2 is 2.23 bits per heavy atom. The summed E-state index contributed by atoms with van der Waals surface area (Å²) in [6, 6.07) is 3.19. The van der Waals surface area contributed by atoms with Crippen molar-refractivity contribution in [3.8, 4) is 0 Å². The summed E-state index contributed by atoms with van der Waals surface area (Å²) in [5.74, 6) is 0. The van der Waals surface area contributed by atoms with E-state index in [9.17, 15) is 8.78 Å². The lowest BCUT2D eigenvalue weighted by Gasteiger charge is -2.01. The first-order valence-electron chi connectivity index (χ1n) is 3.87. The van der Waals surface area contributed by atoms with Gasteiger partial charge in [-0.05, 0) is 12.1 Å². The fraction of sp³-hybridized carbons (Fsp3) is 0.222. The van der Waals surface area contributed by atoms with Crippen LogP contribution in [0, 0.1) is 0 Å². The number of halogens is 2. The van der Waals surface area contributed by atoms with Gasteiger partial charge in [-0.15, -0.1) is 0 Å². The Labute approximate surface area is 73.8 Å². The number of nitrogens with zero attached hydrogens (tertiary/aromatic N) is 2. The van der Waals surface area contributed by atoms with Gasteiger partial charge >= 0.3 is 0 Å². The van der Waals surface area contributed by atoms with Crippen molar-refractivity contribution in [1.82, 2.24) is 9.55 Å². The minimum absolute atomic E-state index is 0.0306. The summed E-state index contributed by atoms with van der Waals surface area (Å²) in [6.07, 6.45) is 0.746. The molecule has 0 N–H and O–H groups in total. The largest absolute Gasteiger partial charge is 0.343 e. The second kappa shape index (κ2) is 2.80. The normalized spacial score (nSPS) is 11.4. The molecular formula is C9H8F2N2. The fourth-order valence-electron chi connectivity index (χ4n) is 1.42. The fourth-order valence-corrected chi connectivity index (χ4v) is 1.42. The predicted molar refractivity (Wildman–Crippen MR) is 45.7 cm³/mol. The minimum Gasteiger partial charge on any atom is -0.343 e. The zero-order valence-electron chi connectivity index (χ0n) is 7.04. The van der Waals surface area contributed by atoms with Crippen LogP contribution in [0.5, 0.6) is 0 Å². The molecule has 13 heavy (non-hydrogen) atoms. The first kappa shape index (κ1) is 8.16. The summed E-state index contributed by atoms with van der Waals surface area (Å²) in [7, 11) is 1.63. The predicted octanol–water partition coefficient (Wildman–Crippen LogP) is 2.51. The van der Waals surface area contributed by atoms with Crippen LogP contribution in [-0.4, -0.2) is 9.55 Å². The molecule has 2 aromatic rings. The van der Waals surface area contributed by atoms with Gasteiger partial charge in [0.25, 0.3) is 6.43 Å². The zero-order valence-corrected chi connectivity index (χ0v) is 7.04. The molecule has 0 bridgehead atoms. The number of hydrogen-bond acceptors (Lipinski definition) is 1. The second-order valence-corrected chi connectivity index (χ2v) is 2.86. The maximum absolute atomic E-state index is 12.4. The molecule has 0 radical (unpaired) electrons. The highest BCUT2D eigenvalue weighted by molar-refractivity contribution is 5.80. The molecular weight excluding hydrogens is 174 g/mol. The van der Waals surface area contributed by atoms with Crippen LogP contribution in [0.15, 0.2) is 24.5 Å². The van der Waals surface area contributed by atoms with Gasteiger partial charge in [0.15, 0.2) is 0 Å². The lowest BCUT2D eigenvalue weighted by atomic mass is 10.3. The molecule has 0 saturated heterocycles. The maximum Gasteiger partial charge on any atom is 0.278 e. The summed E-state index contributed by atoms with van der Waals surface area (Å²) in [5.41, 5.74) is 0.813. The molecule has 2 aromatic heterocycles. The van der Waals surface area contributed by atoms with E-state index in [1.165, 1.54) is 10.6 Å². The van der Waals surface area contributed by atoms with Crippen LogP contribution in [0.1, 0.15) is 12.1 Å². The van der Waals surface area contributed by atoms with E-state index in [-0.39, 0.29) is 5.69 Å². The summed E-state index contributed by atoms with van der Waals surface area (Å²) >= 11 is 0. The molecule has 4 heteroatoms. The van der Waals surface area contributed by atoms with Crippen LogP contribution in [0.2, 0.25) is 0 Å². The Kier molecular flexibility index (Phi) is 1.76. The molecule has 0 atom stereocenters. The van der Waals surface area contributed by atoms with Gasteiger partial charge in [-0.2, -0.15) is 0 Å². The highest BCUT2D eigenvalue weighted by Gasteiger charge is 2.13. The van der Waals surface area contributed by atoms with Crippen molar-refractivity contribution in [2.24, 2.45) is 7.05 Å². The van der Waals surface area contributed by atoms with Crippen LogP contribution in [0.3, 0.4) is 0 Å². The van der Waals surface area contributed by atoms with Crippen molar-refractivity contribution in [1.29, 1.82) is 0 Å². The average molecular weight is 182 g/mol. The van der Waals surface area contributed by atoms with Crippen molar-refractivity contribution >= 4 is 10.9 Å². The molecule has 2 heterocycles. The zero-order chi connectivity index (χ0) is 9.42. The molecule has 0 aliphatic rings. The van der Waals surface area contributed by atoms with Crippen molar-refractivity contribution < 1.29 is 8.78 Å². The standard InChI is InChI=1S/C9H8F2N2/c1-13-7-2-3-12-5-6(7)4-8(13)9(10)11/h2-5,9H,1H3. The summed E-state index contributed by atoms with van der Waals surface area (Å²) in [4.78, 5) is 3.87. The smallest absolute Gasteiger partial charge is 0.278 e. The van der Waals surface area contributed by atoms with E-state index in [2.05, 4.69) is 4.98 Å². The molecule has 0 spiro atoms. The van der Waals surface area contributed by atoms with Crippen LogP contribution in [-0.2, 0) is 7.05 Å². The molecule has 68 valence electrons. The van der Waals surface area contributed by atoms with Gasteiger partial charge < -0.3 is 4.57 Å². The molecule has 0 unspecified atom stereocenters. The summed E-state index contributed by atoms with van der Waals surface area (Å²) < 4.78 is 26.3. The number of hydrogen-bond donors (Lipinski definition) is 0. The van der Waals surface area contributed by atoms with Gasteiger partial charge in [0, 0.05) is 24.8 Å². The van der Waals surface area contributed by atoms with Gasteiger partial charge in [-0.3, -0.25) is 4.98 Å². The molecule has 0 aliphatic heterocycles. The van der Waals surface area contributed by atoms with E-state index in [0.29, 0.717) is 0 Å². The number of pyridine rings is 1. The lowest BCUT2D eigenvalue weighted by molar-refractivity contribution is 0.143. The van der Waals surface area contributed by atoms with Crippen LogP contribution >= 0.6 is 0 Å². The molecule has 0 aromatic carbocycles. The Hall–Kier alpha value is -1.45. The number of aromatic nitrogens is 2. The monoisotopic (exact) mass is 182 g/mol. The average Bonchev–Trinajstić information content (AvgIpc) is 2.45. The number of fused-ring (bicyclic) bond motifs is 1. The summed E-state index contributed by atoms with van der Waals surface area (Å²) in [6.45, 7) is 0. The van der Waals surface area contributed by atoms with Gasteiger partial charge in [-0.25, -0.2) is 8.78 Å². The SMILES string of the molecule is Cn1c(C(F)F)cc2cnccc21. The quantitative estimate of drug-likeness (QED) is 0.662. The van der Waals surface area contributed by atoms with Crippen molar-refractivity contribution in [3.05, 3.63) is 30.2 Å². The summed E-state index contributed by atoms with van der Waals surface area (Å²) in [5, 5.41) is 0.750. The Morgan fingerprint density at radius 3 is 2.85 bits per heavy atom. The van der Waals surface area contributed by atoms with Crippen molar-refractivity contribution in [2.45, 2.75) is 6.43 Å². The minimum atomic E-state index is -2.43. The van der Waals surface area contributed by atoms with Gasteiger partial charge in [0.05, 0.1) is 11.2 Å². The van der Waals surface area contributed by atoms with Gasteiger partial charge in [0.1, 0.15) is 0 Å². The molecule has 0 fully saturated rings. The van der Waals surface area contributed by atoms with E-state index < -0.39 is 6.43 Å². The van der Waals surface area contributed by atoms with Crippen LogP contribution in [0.4, 0.5) is 8.78 Å². The molecule has 0 amide bonds. The van der Waals surface area contributed by atoms with Crippen LogP contribution < -0.4 is 0 Å². The first-order valence-corrected chi connectivity index (χ1v) is 3.87. The van der Waals surface area contributed by atoms with E-state index in [4.69, 9.17) is 0 Å². The molecule has 2 rings (SSSR count). The first-order chi connectivity index (χ1) is 6.20. The lowest BCUT2D eigenvalue weighted by Crippen LogP contribution is -1.95. The Balaban J connectivity index is 2.74. The molecule has 2 nitrogen and oxygen atoms in total. The van der Waals surface area contributed by atoms with Crippen molar-refractivity contribution in [2.75, 3.05) is 0 Å². The molecule has 0 aliphatic carbocycles. The van der Waals surface area contributed by atoms with Gasteiger partial charge in [-0.1, -0.05) is 0 Å². The van der Waals surface area contributed by atoms with Crippen LogP contribution in [0.25, 0.3) is 10.9 Å². The van der Waals surface area contributed by atoms with E-state index >= 15 is 0 Å². The van der Waals surface area contributed by atoms with E-state index in [0.717, 1.165) is 10.9 Å². The Bertz CT molecular complexity index is 434. The Morgan fingerprint density at radius 1 is 1.46 bits per heavy atom. The van der Waals surface area contributed by atoms with Gasteiger partial charge in [0.2, 0.25) is 0 Å². The van der Waals surface area contributed by atoms with E-state index in [1.807, 2.05) is 0 Å². The second-order valence-electron chi connectivity index (χ2n) is 2.86. The highest BCUT2D eigenvalue weighted by Crippen LogP contribution is 2.25. The maximum atomic E-state index is 12.4. The van der Waals surface area contributed by atoms with Crippen molar-refractivity contribution in [3.63, 3.8) is 0 Å². The third-order valence-corrected chi connectivity index (χ3v) is 2.10. The highest BCUT2D eigenvalue weighted by atomic mass is 19.3.